The van der Waals surface area contributed by atoms with Crippen molar-refractivity contribution in [2.45, 2.75) is 6.42 Å². The SMILES string of the molecule is NC(=O)C1CC(=O)N(c2ccc(Br)cc2Cl)C1. The number of primary amides is 1. The van der Waals surface area contributed by atoms with E-state index in [0.717, 1.165) is 4.47 Å². The highest BCUT2D eigenvalue weighted by molar-refractivity contribution is 9.10. The van der Waals surface area contributed by atoms with Crippen molar-refractivity contribution >= 4 is 45.0 Å². The van der Waals surface area contributed by atoms with Crippen LogP contribution in [0.3, 0.4) is 0 Å². The third kappa shape index (κ3) is 2.45. The number of hydrogen-bond donors (Lipinski definition) is 1. The first-order valence-corrected chi connectivity index (χ1v) is 6.21. The third-order valence-corrected chi connectivity index (χ3v) is 3.52. The zero-order chi connectivity index (χ0) is 12.6. The van der Waals surface area contributed by atoms with Crippen LogP contribution >= 0.6 is 27.5 Å². The maximum absolute atomic E-state index is 11.8. The highest BCUT2D eigenvalue weighted by Gasteiger charge is 2.34. The molecule has 1 saturated heterocycles. The summed E-state index contributed by atoms with van der Waals surface area (Å²) >= 11 is 9.36. The summed E-state index contributed by atoms with van der Waals surface area (Å²) in [4.78, 5) is 24.3. The van der Waals surface area contributed by atoms with Crippen molar-refractivity contribution in [2.24, 2.45) is 11.7 Å². The summed E-state index contributed by atoms with van der Waals surface area (Å²) in [6, 6.07) is 5.25. The molecule has 0 aromatic heterocycles. The molecule has 1 aliphatic heterocycles. The van der Waals surface area contributed by atoms with E-state index in [0.29, 0.717) is 17.3 Å². The van der Waals surface area contributed by atoms with Crippen molar-refractivity contribution in [1.82, 2.24) is 0 Å². The molecule has 1 heterocycles. The molecule has 1 atom stereocenters. The summed E-state index contributed by atoms with van der Waals surface area (Å²) in [5.74, 6) is -1.01. The van der Waals surface area contributed by atoms with Gasteiger partial charge in [0.15, 0.2) is 0 Å². The third-order valence-electron chi connectivity index (χ3n) is 2.73. The van der Waals surface area contributed by atoms with Crippen molar-refractivity contribution in [1.29, 1.82) is 0 Å². The Labute approximate surface area is 112 Å². The quantitative estimate of drug-likeness (QED) is 0.906. The lowest BCUT2D eigenvalue weighted by atomic mass is 10.1. The van der Waals surface area contributed by atoms with Crippen LogP contribution in [0, 0.1) is 5.92 Å². The second-order valence-electron chi connectivity index (χ2n) is 3.90. The average Bonchev–Trinajstić information content (AvgIpc) is 2.61. The number of nitrogens with two attached hydrogens (primary N) is 1. The minimum Gasteiger partial charge on any atom is -0.369 e. The zero-order valence-corrected chi connectivity index (χ0v) is 11.2. The van der Waals surface area contributed by atoms with Crippen molar-refractivity contribution in [3.8, 4) is 0 Å². The molecule has 1 aliphatic rings. The molecule has 4 nitrogen and oxygen atoms in total. The van der Waals surface area contributed by atoms with Crippen LogP contribution in [0.1, 0.15) is 6.42 Å². The van der Waals surface area contributed by atoms with E-state index in [9.17, 15) is 9.59 Å². The number of nitrogens with zero attached hydrogens (tertiary/aromatic N) is 1. The summed E-state index contributed by atoms with van der Waals surface area (Å²) in [5, 5.41) is 0.470. The highest BCUT2D eigenvalue weighted by Crippen LogP contribution is 2.33. The first kappa shape index (κ1) is 12.4. The summed E-state index contributed by atoms with van der Waals surface area (Å²) in [7, 11) is 0. The Bertz CT molecular complexity index is 492. The Kier molecular flexibility index (Phi) is 3.40. The molecular weight excluding hydrogens is 307 g/mol. The molecule has 0 radical (unpaired) electrons. The maximum Gasteiger partial charge on any atom is 0.227 e. The first-order chi connectivity index (χ1) is 7.99. The molecule has 0 aliphatic carbocycles. The molecule has 0 saturated carbocycles. The maximum atomic E-state index is 11.8. The molecule has 1 fully saturated rings. The molecule has 17 heavy (non-hydrogen) atoms. The van der Waals surface area contributed by atoms with Crippen molar-refractivity contribution in [3.63, 3.8) is 0 Å². The van der Waals surface area contributed by atoms with Crippen LogP contribution in [0.5, 0.6) is 0 Å². The topological polar surface area (TPSA) is 63.4 Å². The summed E-state index contributed by atoms with van der Waals surface area (Å²) in [5.41, 5.74) is 5.82. The standard InChI is InChI=1S/C11H10BrClN2O2/c12-7-1-2-9(8(13)4-7)15-5-6(11(14)17)3-10(15)16/h1-2,4,6H,3,5H2,(H2,14,17). The Morgan fingerprint density at radius 2 is 2.24 bits per heavy atom. The predicted molar refractivity (Wildman–Crippen MR) is 68.8 cm³/mol. The number of anilines is 1. The molecule has 0 spiro atoms. The van der Waals surface area contributed by atoms with Crippen molar-refractivity contribution in [2.75, 3.05) is 11.4 Å². The number of hydrogen-bond acceptors (Lipinski definition) is 2. The molecule has 2 rings (SSSR count). The lowest BCUT2D eigenvalue weighted by molar-refractivity contribution is -0.123. The number of carbonyl (C=O) groups is 2. The van der Waals surface area contributed by atoms with E-state index in [1.54, 1.807) is 18.2 Å². The van der Waals surface area contributed by atoms with E-state index < -0.39 is 11.8 Å². The Morgan fingerprint density at radius 1 is 1.53 bits per heavy atom. The fraction of sp³-hybridized carbons (Fsp3) is 0.273. The zero-order valence-electron chi connectivity index (χ0n) is 8.82. The number of halogens is 2. The van der Waals surface area contributed by atoms with Crippen LogP contribution in [0.15, 0.2) is 22.7 Å². The van der Waals surface area contributed by atoms with Crippen LogP contribution in [0.2, 0.25) is 5.02 Å². The van der Waals surface area contributed by atoms with E-state index >= 15 is 0 Å². The second-order valence-corrected chi connectivity index (χ2v) is 5.23. The predicted octanol–water partition coefficient (Wildman–Crippen LogP) is 1.94. The van der Waals surface area contributed by atoms with Gasteiger partial charge >= 0.3 is 0 Å². The van der Waals surface area contributed by atoms with Gasteiger partial charge in [-0.05, 0) is 18.2 Å². The normalized spacial score (nSPS) is 19.8. The largest absolute Gasteiger partial charge is 0.369 e. The van der Waals surface area contributed by atoms with Gasteiger partial charge < -0.3 is 10.6 Å². The minimum absolute atomic E-state index is 0.127. The lowest BCUT2D eigenvalue weighted by Crippen LogP contribution is -2.28. The fourth-order valence-corrected chi connectivity index (χ4v) is 2.61. The fourth-order valence-electron chi connectivity index (χ4n) is 1.83. The van der Waals surface area contributed by atoms with Crippen LogP contribution in [-0.4, -0.2) is 18.4 Å². The molecular formula is C11H10BrClN2O2. The van der Waals surface area contributed by atoms with Gasteiger partial charge in [-0.2, -0.15) is 0 Å². The molecule has 2 N–H and O–H groups in total. The Morgan fingerprint density at radius 3 is 2.76 bits per heavy atom. The molecule has 6 heteroatoms. The van der Waals surface area contributed by atoms with Gasteiger partial charge in [0, 0.05) is 17.4 Å². The molecule has 0 bridgehead atoms. The van der Waals surface area contributed by atoms with E-state index in [1.807, 2.05) is 0 Å². The number of benzene rings is 1. The monoisotopic (exact) mass is 316 g/mol. The van der Waals surface area contributed by atoms with E-state index in [2.05, 4.69) is 15.9 Å². The van der Waals surface area contributed by atoms with Gasteiger partial charge in [-0.15, -0.1) is 0 Å². The highest BCUT2D eigenvalue weighted by atomic mass is 79.9. The molecule has 1 unspecified atom stereocenters. The number of rotatable bonds is 2. The molecule has 2 amide bonds. The van der Waals surface area contributed by atoms with Crippen LogP contribution < -0.4 is 10.6 Å². The Balaban J connectivity index is 2.29. The van der Waals surface area contributed by atoms with Gasteiger partial charge in [-0.3, -0.25) is 9.59 Å². The Hall–Kier alpha value is -1.07. The van der Waals surface area contributed by atoms with Gasteiger partial charge in [-0.25, -0.2) is 0 Å². The van der Waals surface area contributed by atoms with Gasteiger partial charge in [0.1, 0.15) is 0 Å². The number of amides is 2. The summed E-state index contributed by atoms with van der Waals surface area (Å²) in [6.07, 6.45) is 0.154. The summed E-state index contributed by atoms with van der Waals surface area (Å²) in [6.45, 7) is 0.301. The van der Waals surface area contributed by atoms with Crippen LogP contribution in [0.4, 0.5) is 5.69 Å². The van der Waals surface area contributed by atoms with E-state index in [4.69, 9.17) is 17.3 Å². The van der Waals surface area contributed by atoms with E-state index in [1.165, 1.54) is 4.90 Å². The lowest BCUT2D eigenvalue weighted by Gasteiger charge is -2.17. The van der Waals surface area contributed by atoms with Crippen molar-refractivity contribution < 1.29 is 9.59 Å². The first-order valence-electron chi connectivity index (χ1n) is 5.04. The molecule has 90 valence electrons. The average molecular weight is 318 g/mol. The van der Waals surface area contributed by atoms with Crippen LogP contribution in [0.25, 0.3) is 0 Å². The van der Waals surface area contributed by atoms with Gasteiger partial charge in [0.25, 0.3) is 0 Å². The number of carbonyl (C=O) groups excluding carboxylic acids is 2. The molecule has 1 aromatic rings. The van der Waals surface area contributed by atoms with Gasteiger partial charge in [0.05, 0.1) is 16.6 Å². The second kappa shape index (κ2) is 4.66. The smallest absolute Gasteiger partial charge is 0.227 e. The minimum atomic E-state index is -0.450. The van der Waals surface area contributed by atoms with E-state index in [-0.39, 0.29) is 12.3 Å². The van der Waals surface area contributed by atoms with Crippen molar-refractivity contribution in [3.05, 3.63) is 27.7 Å². The van der Waals surface area contributed by atoms with Gasteiger partial charge in [-0.1, -0.05) is 27.5 Å². The molecule has 1 aromatic carbocycles. The van der Waals surface area contributed by atoms with Crippen LogP contribution in [-0.2, 0) is 9.59 Å². The summed E-state index contributed by atoms with van der Waals surface area (Å²) < 4.78 is 0.837. The van der Waals surface area contributed by atoms with Gasteiger partial charge in [0.2, 0.25) is 11.8 Å².